The van der Waals surface area contributed by atoms with Crippen LogP contribution in [0.25, 0.3) is 22.2 Å². The fraction of sp³-hybridized carbons (Fsp3) is 0.280. The Balaban J connectivity index is 1.32. The molecular formula is C25H25FN4O2. The van der Waals surface area contributed by atoms with Crippen LogP contribution in [0.15, 0.2) is 59.1 Å². The third-order valence-corrected chi connectivity index (χ3v) is 6.01. The zero-order valence-electron chi connectivity index (χ0n) is 18.0. The molecule has 0 unspecified atom stereocenters. The van der Waals surface area contributed by atoms with Crippen LogP contribution in [-0.4, -0.2) is 58.4 Å². The molecule has 0 bridgehead atoms. The van der Waals surface area contributed by atoms with E-state index in [2.05, 4.69) is 19.9 Å². The Hall–Kier alpha value is -3.29. The first-order valence-corrected chi connectivity index (χ1v) is 10.8. The number of carbonyl (C=O) groups is 1. The average molecular weight is 432 g/mol. The molecule has 0 aliphatic carbocycles. The maximum absolute atomic E-state index is 13.5. The van der Waals surface area contributed by atoms with Gasteiger partial charge in [-0.05, 0) is 42.8 Å². The van der Waals surface area contributed by atoms with Gasteiger partial charge in [0.25, 0.3) is 0 Å². The fourth-order valence-corrected chi connectivity index (χ4v) is 4.37. The number of nitrogens with one attached hydrogen (secondary N) is 1. The van der Waals surface area contributed by atoms with Crippen molar-refractivity contribution in [1.29, 1.82) is 0 Å². The summed E-state index contributed by atoms with van der Waals surface area (Å²) in [6.45, 7) is 6.39. The number of ketones is 1. The molecule has 1 aliphatic rings. The minimum Gasteiger partial charge on any atom is -0.361 e. The average Bonchev–Trinajstić information content (AvgIpc) is 3.39. The Bertz CT molecular complexity index is 1240. The number of hydrogen-bond donors (Lipinski definition) is 1. The van der Waals surface area contributed by atoms with Gasteiger partial charge < -0.3 is 9.51 Å². The molecule has 1 fully saturated rings. The molecule has 4 aromatic rings. The second kappa shape index (κ2) is 8.68. The van der Waals surface area contributed by atoms with Crippen molar-refractivity contribution < 1.29 is 13.7 Å². The molecule has 2 aromatic heterocycles. The number of piperazine rings is 1. The molecule has 1 aliphatic heterocycles. The summed E-state index contributed by atoms with van der Waals surface area (Å²) in [6, 6.07) is 16.0. The number of aryl methyl sites for hydroxylation is 1. The highest BCUT2D eigenvalue weighted by molar-refractivity contribution is 6.14. The van der Waals surface area contributed by atoms with Crippen LogP contribution in [-0.2, 0) is 6.54 Å². The standard InChI is InChI=1S/C25H25FN4O2/c1-17-14-20(28-32-17)15-29-10-12-30(13-11-29)16-23(31)24-21-4-2-3-5-22(21)27-25(24)18-6-8-19(26)9-7-18/h2-9,14,27H,10-13,15-16H2,1H3. The summed E-state index contributed by atoms with van der Waals surface area (Å²) in [7, 11) is 0. The lowest BCUT2D eigenvalue weighted by Gasteiger charge is -2.33. The van der Waals surface area contributed by atoms with Crippen LogP contribution in [0.4, 0.5) is 4.39 Å². The van der Waals surface area contributed by atoms with Gasteiger partial charge in [-0.1, -0.05) is 23.4 Å². The second-order valence-electron chi connectivity index (χ2n) is 8.33. The zero-order chi connectivity index (χ0) is 22.1. The predicted molar refractivity (Wildman–Crippen MR) is 121 cm³/mol. The molecule has 0 spiro atoms. The highest BCUT2D eigenvalue weighted by Crippen LogP contribution is 2.31. The van der Waals surface area contributed by atoms with Crippen LogP contribution < -0.4 is 0 Å². The Morgan fingerprint density at radius 1 is 1.06 bits per heavy atom. The van der Waals surface area contributed by atoms with E-state index in [0.717, 1.165) is 66.3 Å². The first kappa shape index (κ1) is 20.6. The van der Waals surface area contributed by atoms with E-state index in [9.17, 15) is 9.18 Å². The number of para-hydroxylation sites is 1. The Labute approximate surface area is 185 Å². The lowest BCUT2D eigenvalue weighted by Crippen LogP contribution is -2.47. The van der Waals surface area contributed by atoms with E-state index in [1.165, 1.54) is 12.1 Å². The molecule has 5 rings (SSSR count). The number of H-pyrrole nitrogens is 1. The summed E-state index contributed by atoms with van der Waals surface area (Å²) in [6.07, 6.45) is 0. The molecule has 164 valence electrons. The molecule has 3 heterocycles. The molecule has 32 heavy (non-hydrogen) atoms. The van der Waals surface area contributed by atoms with E-state index >= 15 is 0 Å². The SMILES string of the molecule is Cc1cc(CN2CCN(CC(=O)c3c(-c4ccc(F)cc4)[nH]c4ccccc34)CC2)no1. The lowest BCUT2D eigenvalue weighted by atomic mass is 10.0. The van der Waals surface area contributed by atoms with E-state index < -0.39 is 0 Å². The van der Waals surface area contributed by atoms with Gasteiger partial charge in [0.2, 0.25) is 0 Å². The summed E-state index contributed by atoms with van der Waals surface area (Å²) in [5.74, 6) is 0.596. The molecule has 0 amide bonds. The number of aromatic nitrogens is 2. The maximum Gasteiger partial charge on any atom is 0.179 e. The Morgan fingerprint density at radius 2 is 1.78 bits per heavy atom. The number of carbonyl (C=O) groups excluding carboxylic acids is 1. The molecule has 0 atom stereocenters. The highest BCUT2D eigenvalue weighted by Gasteiger charge is 2.24. The second-order valence-corrected chi connectivity index (χ2v) is 8.33. The Kier molecular flexibility index (Phi) is 5.59. The lowest BCUT2D eigenvalue weighted by molar-refractivity contribution is 0.0843. The number of Topliss-reactive ketones (excluding diaryl/α,β-unsaturated/α-hetero) is 1. The molecule has 7 heteroatoms. The minimum atomic E-state index is -0.295. The van der Waals surface area contributed by atoms with Crippen molar-refractivity contribution >= 4 is 16.7 Å². The van der Waals surface area contributed by atoms with Gasteiger partial charge in [0, 0.05) is 49.7 Å². The summed E-state index contributed by atoms with van der Waals surface area (Å²) in [4.78, 5) is 21.3. The van der Waals surface area contributed by atoms with Crippen LogP contribution in [0.2, 0.25) is 0 Å². The van der Waals surface area contributed by atoms with E-state index in [0.29, 0.717) is 12.1 Å². The number of hydrogen-bond acceptors (Lipinski definition) is 5. The van der Waals surface area contributed by atoms with Gasteiger partial charge in [-0.2, -0.15) is 0 Å². The van der Waals surface area contributed by atoms with Crippen molar-refractivity contribution in [2.45, 2.75) is 13.5 Å². The number of rotatable bonds is 6. The summed E-state index contributed by atoms with van der Waals surface area (Å²) in [5.41, 5.74) is 4.07. The van der Waals surface area contributed by atoms with Gasteiger partial charge >= 0.3 is 0 Å². The van der Waals surface area contributed by atoms with Crippen LogP contribution in [0.5, 0.6) is 0 Å². The van der Waals surface area contributed by atoms with E-state index in [4.69, 9.17) is 4.52 Å². The first-order chi connectivity index (χ1) is 15.6. The van der Waals surface area contributed by atoms with Gasteiger partial charge in [0.05, 0.1) is 23.5 Å². The van der Waals surface area contributed by atoms with Crippen molar-refractivity contribution in [3.63, 3.8) is 0 Å². The van der Waals surface area contributed by atoms with Crippen LogP contribution in [0.3, 0.4) is 0 Å². The van der Waals surface area contributed by atoms with Gasteiger partial charge in [0.1, 0.15) is 11.6 Å². The molecule has 6 nitrogen and oxygen atoms in total. The maximum atomic E-state index is 13.5. The van der Waals surface area contributed by atoms with E-state index in [1.807, 2.05) is 37.3 Å². The molecule has 2 aromatic carbocycles. The first-order valence-electron chi connectivity index (χ1n) is 10.8. The van der Waals surface area contributed by atoms with Gasteiger partial charge in [-0.15, -0.1) is 0 Å². The monoisotopic (exact) mass is 432 g/mol. The molecule has 1 N–H and O–H groups in total. The third-order valence-electron chi connectivity index (χ3n) is 6.01. The molecule has 0 saturated carbocycles. The van der Waals surface area contributed by atoms with Crippen molar-refractivity contribution in [2.24, 2.45) is 0 Å². The van der Waals surface area contributed by atoms with Crippen molar-refractivity contribution in [3.8, 4) is 11.3 Å². The Morgan fingerprint density at radius 3 is 2.50 bits per heavy atom. The van der Waals surface area contributed by atoms with Gasteiger partial charge in [-0.25, -0.2) is 4.39 Å². The largest absolute Gasteiger partial charge is 0.361 e. The zero-order valence-corrected chi connectivity index (χ0v) is 18.0. The van der Waals surface area contributed by atoms with Crippen LogP contribution >= 0.6 is 0 Å². The fourth-order valence-electron chi connectivity index (χ4n) is 4.37. The summed E-state index contributed by atoms with van der Waals surface area (Å²) in [5, 5.41) is 4.97. The minimum absolute atomic E-state index is 0.0716. The molecule has 1 saturated heterocycles. The summed E-state index contributed by atoms with van der Waals surface area (Å²) >= 11 is 0. The number of halogens is 1. The quantitative estimate of drug-likeness (QED) is 0.461. The topological polar surface area (TPSA) is 65.4 Å². The van der Waals surface area contributed by atoms with Gasteiger partial charge in [-0.3, -0.25) is 14.6 Å². The molecule has 0 radical (unpaired) electrons. The smallest absolute Gasteiger partial charge is 0.179 e. The van der Waals surface area contributed by atoms with Crippen molar-refractivity contribution in [3.05, 3.63) is 77.4 Å². The number of fused-ring (bicyclic) bond motifs is 1. The van der Waals surface area contributed by atoms with Gasteiger partial charge in [0.15, 0.2) is 5.78 Å². The number of nitrogens with zero attached hydrogens (tertiary/aromatic N) is 3. The number of benzene rings is 2. The predicted octanol–water partition coefficient (Wildman–Crippen LogP) is 4.27. The summed E-state index contributed by atoms with van der Waals surface area (Å²) < 4.78 is 18.6. The van der Waals surface area contributed by atoms with E-state index in [-0.39, 0.29) is 11.6 Å². The molecular weight excluding hydrogens is 407 g/mol. The highest BCUT2D eigenvalue weighted by atomic mass is 19.1. The van der Waals surface area contributed by atoms with E-state index in [1.54, 1.807) is 12.1 Å². The normalized spacial score (nSPS) is 15.4. The number of aromatic amines is 1. The van der Waals surface area contributed by atoms with Crippen molar-refractivity contribution in [1.82, 2.24) is 19.9 Å². The van der Waals surface area contributed by atoms with Crippen LogP contribution in [0, 0.1) is 12.7 Å². The van der Waals surface area contributed by atoms with Crippen LogP contribution in [0.1, 0.15) is 21.8 Å². The van der Waals surface area contributed by atoms with Crippen molar-refractivity contribution in [2.75, 3.05) is 32.7 Å². The third kappa shape index (κ3) is 4.22.